The average Bonchev–Trinajstić information content (AvgIpc) is 3.26. The van der Waals surface area contributed by atoms with E-state index in [0.717, 1.165) is 17.1 Å². The van der Waals surface area contributed by atoms with E-state index in [0.29, 0.717) is 50.6 Å². The van der Waals surface area contributed by atoms with Gasteiger partial charge in [-0.1, -0.05) is 12.1 Å². The van der Waals surface area contributed by atoms with Gasteiger partial charge in [0.1, 0.15) is 11.5 Å². The molecule has 0 bridgehead atoms. The van der Waals surface area contributed by atoms with Gasteiger partial charge in [-0.25, -0.2) is 9.78 Å². The molecule has 3 heterocycles. The van der Waals surface area contributed by atoms with E-state index in [2.05, 4.69) is 15.6 Å². The number of nitrogens with one attached hydrogen (secondary N) is 2. The minimum Gasteiger partial charge on any atom is -0.454 e. The van der Waals surface area contributed by atoms with E-state index in [9.17, 15) is 9.59 Å². The van der Waals surface area contributed by atoms with Crippen molar-refractivity contribution in [1.29, 1.82) is 0 Å². The maximum atomic E-state index is 12.6. The molecule has 1 fully saturated rings. The molecule has 2 amide bonds. The molecule has 0 radical (unpaired) electrons. The van der Waals surface area contributed by atoms with Gasteiger partial charge in [-0.15, -0.1) is 0 Å². The van der Waals surface area contributed by atoms with E-state index in [-0.39, 0.29) is 24.8 Å². The largest absolute Gasteiger partial charge is 0.454 e. The van der Waals surface area contributed by atoms with Gasteiger partial charge in [-0.05, 0) is 49.6 Å². The zero-order valence-corrected chi connectivity index (χ0v) is 17.4. The van der Waals surface area contributed by atoms with Crippen molar-refractivity contribution in [2.24, 2.45) is 0 Å². The smallest absolute Gasteiger partial charge is 0.409 e. The van der Waals surface area contributed by atoms with Crippen LogP contribution in [0.5, 0.6) is 11.5 Å². The molecular weight excluding hydrogens is 400 g/mol. The first-order chi connectivity index (χ1) is 15.1. The number of benzene rings is 1. The number of ether oxygens (including phenoxy) is 3. The summed E-state index contributed by atoms with van der Waals surface area (Å²) in [6, 6.07) is 11.1. The Labute approximate surface area is 180 Å². The van der Waals surface area contributed by atoms with Gasteiger partial charge in [0, 0.05) is 25.7 Å². The molecule has 9 nitrogen and oxygen atoms in total. The zero-order chi connectivity index (χ0) is 21.6. The van der Waals surface area contributed by atoms with Gasteiger partial charge in [-0.2, -0.15) is 0 Å². The quantitative estimate of drug-likeness (QED) is 0.732. The van der Waals surface area contributed by atoms with Gasteiger partial charge in [0.05, 0.1) is 6.61 Å². The van der Waals surface area contributed by atoms with Crippen LogP contribution < -0.4 is 20.1 Å². The molecule has 2 N–H and O–H groups in total. The summed E-state index contributed by atoms with van der Waals surface area (Å²) in [5.41, 5.74) is 1.37. The highest BCUT2D eigenvalue weighted by Crippen LogP contribution is 2.32. The topological polar surface area (TPSA) is 102 Å². The van der Waals surface area contributed by atoms with E-state index in [1.165, 1.54) is 0 Å². The van der Waals surface area contributed by atoms with Crippen LogP contribution in [0, 0.1) is 0 Å². The molecule has 1 aromatic heterocycles. The Morgan fingerprint density at radius 2 is 1.97 bits per heavy atom. The molecular formula is C22H26N4O5. The fourth-order valence-electron chi connectivity index (χ4n) is 3.58. The van der Waals surface area contributed by atoms with Gasteiger partial charge in [0.15, 0.2) is 11.5 Å². The number of piperidine rings is 1. The van der Waals surface area contributed by atoms with Crippen molar-refractivity contribution in [1.82, 2.24) is 15.2 Å². The number of pyridine rings is 1. The minimum atomic E-state index is -0.296. The number of rotatable bonds is 6. The maximum Gasteiger partial charge on any atom is 0.409 e. The van der Waals surface area contributed by atoms with Crippen LogP contribution in [0.25, 0.3) is 0 Å². The average molecular weight is 426 g/mol. The molecule has 1 saturated heterocycles. The number of nitrogens with zero attached hydrogens (tertiary/aromatic N) is 2. The summed E-state index contributed by atoms with van der Waals surface area (Å²) in [5, 5.41) is 6.25. The van der Waals surface area contributed by atoms with Gasteiger partial charge in [0.2, 0.25) is 6.79 Å². The Balaban J connectivity index is 1.29. The van der Waals surface area contributed by atoms with Crippen molar-refractivity contribution in [3.8, 4) is 11.5 Å². The number of hydrogen-bond acceptors (Lipinski definition) is 7. The van der Waals surface area contributed by atoms with Crippen LogP contribution in [0.1, 0.15) is 35.8 Å². The van der Waals surface area contributed by atoms with Crippen LogP contribution in [0.3, 0.4) is 0 Å². The third kappa shape index (κ3) is 5.17. The second-order valence-electron chi connectivity index (χ2n) is 7.38. The maximum absolute atomic E-state index is 12.6. The highest BCUT2D eigenvalue weighted by atomic mass is 16.7. The molecule has 2 aliphatic rings. The van der Waals surface area contributed by atoms with Gasteiger partial charge >= 0.3 is 6.09 Å². The molecule has 1 aromatic carbocycles. The Morgan fingerprint density at radius 3 is 2.77 bits per heavy atom. The van der Waals surface area contributed by atoms with Gasteiger partial charge in [0.25, 0.3) is 5.91 Å². The molecule has 164 valence electrons. The minimum absolute atomic E-state index is 0.00484. The molecule has 2 aromatic rings. The number of carbonyl (C=O) groups is 2. The summed E-state index contributed by atoms with van der Waals surface area (Å²) in [4.78, 5) is 30.5. The van der Waals surface area contributed by atoms with Crippen molar-refractivity contribution < 1.29 is 23.8 Å². The van der Waals surface area contributed by atoms with Crippen molar-refractivity contribution in [2.45, 2.75) is 32.4 Å². The number of fused-ring (bicyclic) bond motifs is 1. The summed E-state index contributed by atoms with van der Waals surface area (Å²) < 4.78 is 15.7. The highest BCUT2D eigenvalue weighted by molar-refractivity contribution is 5.92. The molecule has 0 atom stereocenters. The number of likely N-dealkylation sites (tertiary alicyclic amines) is 1. The van der Waals surface area contributed by atoms with E-state index in [1.807, 2.05) is 24.3 Å². The SMILES string of the molecule is CCOC(=O)N1CCC(NC(=O)c2cccc(NCc3ccc4c(c3)OCO4)n2)CC1. The van der Waals surface area contributed by atoms with Crippen molar-refractivity contribution >= 4 is 17.8 Å². The van der Waals surface area contributed by atoms with E-state index in [4.69, 9.17) is 14.2 Å². The molecule has 0 saturated carbocycles. The summed E-state index contributed by atoms with van der Waals surface area (Å²) in [7, 11) is 0. The van der Waals surface area contributed by atoms with Crippen LogP contribution in [-0.2, 0) is 11.3 Å². The molecule has 0 unspecified atom stereocenters. The van der Waals surface area contributed by atoms with E-state index >= 15 is 0 Å². The summed E-state index contributed by atoms with van der Waals surface area (Å²) in [5.74, 6) is 1.87. The van der Waals surface area contributed by atoms with Crippen LogP contribution in [-0.4, -0.2) is 54.4 Å². The van der Waals surface area contributed by atoms with Crippen molar-refractivity contribution in [2.75, 3.05) is 31.8 Å². The lowest BCUT2D eigenvalue weighted by molar-refractivity contribution is 0.0856. The number of aromatic nitrogens is 1. The Kier molecular flexibility index (Phi) is 6.40. The fraction of sp³-hybridized carbons (Fsp3) is 0.409. The molecule has 4 rings (SSSR count). The highest BCUT2D eigenvalue weighted by Gasteiger charge is 2.25. The lowest BCUT2D eigenvalue weighted by Crippen LogP contribution is -2.46. The lowest BCUT2D eigenvalue weighted by Gasteiger charge is -2.31. The van der Waals surface area contributed by atoms with Gasteiger partial charge in [-0.3, -0.25) is 4.79 Å². The second-order valence-corrected chi connectivity index (χ2v) is 7.38. The Bertz CT molecular complexity index is 943. The van der Waals surface area contributed by atoms with Gasteiger partial charge < -0.3 is 29.7 Å². The number of carbonyl (C=O) groups excluding carboxylic acids is 2. The van der Waals surface area contributed by atoms with Crippen LogP contribution in [0.15, 0.2) is 36.4 Å². The second kappa shape index (κ2) is 9.55. The van der Waals surface area contributed by atoms with Crippen molar-refractivity contribution in [3.63, 3.8) is 0 Å². The first kappa shape index (κ1) is 20.8. The molecule has 0 aliphatic carbocycles. The summed E-state index contributed by atoms with van der Waals surface area (Å²) >= 11 is 0. The molecule has 2 aliphatic heterocycles. The first-order valence-corrected chi connectivity index (χ1v) is 10.4. The monoisotopic (exact) mass is 426 g/mol. The number of anilines is 1. The summed E-state index contributed by atoms with van der Waals surface area (Å²) in [6.45, 7) is 4.06. The van der Waals surface area contributed by atoms with E-state index < -0.39 is 0 Å². The van der Waals surface area contributed by atoms with Crippen LogP contribution >= 0.6 is 0 Å². The normalized spacial score (nSPS) is 15.5. The lowest BCUT2D eigenvalue weighted by atomic mass is 10.1. The fourth-order valence-corrected chi connectivity index (χ4v) is 3.58. The molecule has 31 heavy (non-hydrogen) atoms. The Hall–Kier alpha value is -3.49. The number of amides is 2. The van der Waals surface area contributed by atoms with E-state index in [1.54, 1.807) is 24.0 Å². The molecule has 0 spiro atoms. The van der Waals surface area contributed by atoms with Crippen molar-refractivity contribution in [3.05, 3.63) is 47.7 Å². The van der Waals surface area contributed by atoms with Crippen LogP contribution in [0.4, 0.5) is 10.6 Å². The predicted molar refractivity (Wildman–Crippen MR) is 113 cm³/mol. The third-order valence-corrected chi connectivity index (χ3v) is 5.25. The Morgan fingerprint density at radius 1 is 1.16 bits per heavy atom. The number of hydrogen-bond donors (Lipinski definition) is 2. The molecule has 9 heteroatoms. The third-order valence-electron chi connectivity index (χ3n) is 5.25. The predicted octanol–water partition coefficient (Wildman–Crippen LogP) is 2.77. The first-order valence-electron chi connectivity index (χ1n) is 10.4. The summed E-state index contributed by atoms with van der Waals surface area (Å²) in [6.07, 6.45) is 1.08. The standard InChI is InChI=1S/C22H26N4O5/c1-2-29-22(28)26-10-8-16(9-11-26)24-21(27)17-4-3-5-20(25-17)23-13-15-6-7-18-19(12-15)31-14-30-18/h3-7,12,16H,2,8-11,13-14H2,1H3,(H,23,25)(H,24,27). The zero-order valence-electron chi connectivity index (χ0n) is 17.4. The van der Waals surface area contributed by atoms with Crippen LogP contribution in [0.2, 0.25) is 0 Å².